The van der Waals surface area contributed by atoms with E-state index in [2.05, 4.69) is 5.10 Å². The van der Waals surface area contributed by atoms with E-state index < -0.39 is 16.0 Å². The maximum absolute atomic E-state index is 13.0. The van der Waals surface area contributed by atoms with E-state index in [1.165, 1.54) is 16.7 Å². The maximum Gasteiger partial charge on any atom is 0.317 e. The first kappa shape index (κ1) is 19.5. The van der Waals surface area contributed by atoms with Crippen LogP contribution in [0.5, 0.6) is 0 Å². The second-order valence-corrected chi connectivity index (χ2v) is 8.69. The fraction of sp³-hybridized carbons (Fsp3) is 0.444. The average Bonchev–Trinajstić information content (AvgIpc) is 3.00. The molecule has 9 heteroatoms. The van der Waals surface area contributed by atoms with Gasteiger partial charge in [-0.3, -0.25) is 9.69 Å². The molecule has 0 aliphatic carbocycles. The molecule has 0 spiro atoms. The number of para-hydroxylation sites is 1. The van der Waals surface area contributed by atoms with E-state index in [-0.39, 0.29) is 17.5 Å². The first-order chi connectivity index (χ1) is 12.9. The predicted octanol–water partition coefficient (Wildman–Crippen LogP) is 1.43. The standard InChI is InChI=1S/C18H24N4O4S/c1-20(14-18(23)24)15-8-5-10-21(11-9-15)27(25,26)17-12-19-22(13-17)16-6-3-2-4-7-16/h2-4,6-7,12-13,15H,5,8-11,14H2,1H3,(H,23,24). The third-order valence-electron chi connectivity index (χ3n) is 4.88. The van der Waals surface area contributed by atoms with Crippen LogP contribution in [0.2, 0.25) is 0 Å². The Morgan fingerprint density at radius 3 is 2.70 bits per heavy atom. The summed E-state index contributed by atoms with van der Waals surface area (Å²) in [6.07, 6.45) is 4.99. The zero-order valence-electron chi connectivity index (χ0n) is 15.2. The minimum absolute atomic E-state index is 0.0404. The Morgan fingerprint density at radius 2 is 2.00 bits per heavy atom. The third-order valence-corrected chi connectivity index (χ3v) is 6.73. The van der Waals surface area contributed by atoms with Crippen molar-refractivity contribution < 1.29 is 18.3 Å². The molecular weight excluding hydrogens is 368 g/mol. The Bertz CT molecular complexity index is 882. The van der Waals surface area contributed by atoms with Crippen LogP contribution in [0.3, 0.4) is 0 Å². The molecule has 1 aliphatic heterocycles. The minimum Gasteiger partial charge on any atom is -0.480 e. The molecule has 2 heterocycles. The van der Waals surface area contributed by atoms with E-state index in [9.17, 15) is 13.2 Å². The minimum atomic E-state index is -3.63. The summed E-state index contributed by atoms with van der Waals surface area (Å²) in [6.45, 7) is 0.755. The number of carbonyl (C=O) groups is 1. The molecule has 1 fully saturated rings. The highest BCUT2D eigenvalue weighted by Crippen LogP contribution is 2.22. The smallest absolute Gasteiger partial charge is 0.317 e. The molecule has 2 aromatic rings. The van der Waals surface area contributed by atoms with Gasteiger partial charge in [0.05, 0.1) is 24.6 Å². The van der Waals surface area contributed by atoms with Gasteiger partial charge in [-0.25, -0.2) is 13.1 Å². The highest BCUT2D eigenvalue weighted by molar-refractivity contribution is 7.89. The van der Waals surface area contributed by atoms with Gasteiger partial charge in [0.25, 0.3) is 0 Å². The molecule has 1 saturated heterocycles. The van der Waals surface area contributed by atoms with Gasteiger partial charge in [-0.2, -0.15) is 9.40 Å². The van der Waals surface area contributed by atoms with Crippen LogP contribution in [0.15, 0.2) is 47.6 Å². The number of carboxylic acids is 1. The molecule has 1 N–H and O–H groups in total. The normalized spacial score (nSPS) is 19.1. The fourth-order valence-electron chi connectivity index (χ4n) is 3.39. The molecule has 0 radical (unpaired) electrons. The molecule has 1 aromatic heterocycles. The van der Waals surface area contributed by atoms with Crippen LogP contribution in [-0.2, 0) is 14.8 Å². The summed E-state index contributed by atoms with van der Waals surface area (Å²) in [5.74, 6) is -0.875. The number of rotatable bonds is 6. The lowest BCUT2D eigenvalue weighted by molar-refractivity contribution is -0.138. The molecule has 0 amide bonds. The average molecular weight is 392 g/mol. The highest BCUT2D eigenvalue weighted by Gasteiger charge is 2.30. The van der Waals surface area contributed by atoms with Crippen LogP contribution in [0.1, 0.15) is 19.3 Å². The summed E-state index contributed by atoms with van der Waals surface area (Å²) in [4.78, 5) is 12.9. The number of nitrogens with zero attached hydrogens (tertiary/aromatic N) is 4. The van der Waals surface area contributed by atoms with E-state index in [4.69, 9.17) is 5.11 Å². The van der Waals surface area contributed by atoms with Crippen molar-refractivity contribution in [2.75, 3.05) is 26.7 Å². The van der Waals surface area contributed by atoms with Crippen molar-refractivity contribution in [3.05, 3.63) is 42.7 Å². The number of aliphatic carboxylic acids is 1. The van der Waals surface area contributed by atoms with Crippen LogP contribution in [0.4, 0.5) is 0 Å². The van der Waals surface area contributed by atoms with E-state index in [0.717, 1.165) is 12.1 Å². The molecule has 1 unspecified atom stereocenters. The van der Waals surface area contributed by atoms with Gasteiger partial charge < -0.3 is 5.11 Å². The van der Waals surface area contributed by atoms with Crippen molar-refractivity contribution in [2.45, 2.75) is 30.2 Å². The van der Waals surface area contributed by atoms with Crippen molar-refractivity contribution in [1.82, 2.24) is 19.0 Å². The van der Waals surface area contributed by atoms with Crippen molar-refractivity contribution in [3.8, 4) is 5.69 Å². The number of aromatic nitrogens is 2. The zero-order valence-corrected chi connectivity index (χ0v) is 16.0. The molecule has 0 bridgehead atoms. The molecule has 3 rings (SSSR count). The molecule has 0 saturated carbocycles. The number of carboxylic acid groups (broad SMARTS) is 1. The molecular formula is C18H24N4O4S. The number of likely N-dealkylation sites (N-methyl/N-ethyl adjacent to an activating group) is 1. The Balaban J connectivity index is 1.72. The van der Waals surface area contributed by atoms with E-state index >= 15 is 0 Å². The SMILES string of the molecule is CN(CC(=O)O)C1CCCN(S(=O)(=O)c2cnn(-c3ccccc3)c2)CC1. The van der Waals surface area contributed by atoms with Crippen LogP contribution in [0.25, 0.3) is 5.69 Å². The van der Waals surface area contributed by atoms with Gasteiger partial charge in [0, 0.05) is 19.1 Å². The summed E-state index contributed by atoms with van der Waals surface area (Å²) in [7, 11) is -1.86. The van der Waals surface area contributed by atoms with Gasteiger partial charge in [0.1, 0.15) is 4.90 Å². The summed E-state index contributed by atoms with van der Waals surface area (Å²) < 4.78 is 29.0. The fourth-order valence-corrected chi connectivity index (χ4v) is 4.81. The quantitative estimate of drug-likeness (QED) is 0.799. The van der Waals surface area contributed by atoms with Crippen molar-refractivity contribution in [1.29, 1.82) is 0 Å². The Hall–Kier alpha value is -2.23. The van der Waals surface area contributed by atoms with Gasteiger partial charge in [0.2, 0.25) is 10.0 Å². The molecule has 1 atom stereocenters. The van der Waals surface area contributed by atoms with E-state index in [0.29, 0.717) is 25.9 Å². The lowest BCUT2D eigenvalue weighted by atomic mass is 10.1. The molecule has 8 nitrogen and oxygen atoms in total. The third kappa shape index (κ3) is 4.55. The van der Waals surface area contributed by atoms with Crippen LogP contribution in [0, 0.1) is 0 Å². The number of benzene rings is 1. The second-order valence-electron chi connectivity index (χ2n) is 6.75. The van der Waals surface area contributed by atoms with Crippen LogP contribution < -0.4 is 0 Å². The largest absolute Gasteiger partial charge is 0.480 e. The molecule has 146 valence electrons. The van der Waals surface area contributed by atoms with Crippen molar-refractivity contribution in [3.63, 3.8) is 0 Å². The van der Waals surface area contributed by atoms with Crippen LogP contribution >= 0.6 is 0 Å². The van der Waals surface area contributed by atoms with Crippen LogP contribution in [-0.4, -0.2) is 71.2 Å². The summed E-state index contributed by atoms with van der Waals surface area (Å²) in [6, 6.07) is 9.41. The maximum atomic E-state index is 13.0. The molecule has 1 aromatic carbocycles. The van der Waals surface area contributed by atoms with E-state index in [1.807, 2.05) is 30.3 Å². The number of hydrogen-bond donors (Lipinski definition) is 1. The van der Waals surface area contributed by atoms with Gasteiger partial charge in [-0.1, -0.05) is 18.2 Å². The predicted molar refractivity (Wildman–Crippen MR) is 100 cm³/mol. The highest BCUT2D eigenvalue weighted by atomic mass is 32.2. The van der Waals surface area contributed by atoms with Crippen molar-refractivity contribution >= 4 is 16.0 Å². The Kier molecular flexibility index (Phi) is 5.93. The Morgan fingerprint density at radius 1 is 1.26 bits per heavy atom. The van der Waals surface area contributed by atoms with Gasteiger partial charge in [0.15, 0.2) is 0 Å². The first-order valence-electron chi connectivity index (χ1n) is 8.90. The lowest BCUT2D eigenvalue weighted by Crippen LogP contribution is -2.37. The Labute approximate surface area is 159 Å². The summed E-state index contributed by atoms with van der Waals surface area (Å²) in [5.41, 5.74) is 0.796. The van der Waals surface area contributed by atoms with Crippen molar-refractivity contribution in [2.24, 2.45) is 0 Å². The zero-order chi connectivity index (χ0) is 19.4. The number of hydrogen-bond acceptors (Lipinski definition) is 5. The monoisotopic (exact) mass is 392 g/mol. The lowest BCUT2D eigenvalue weighted by Gasteiger charge is -2.25. The molecule has 1 aliphatic rings. The first-order valence-corrected chi connectivity index (χ1v) is 10.3. The van der Waals surface area contributed by atoms with E-state index in [1.54, 1.807) is 16.6 Å². The molecule has 27 heavy (non-hydrogen) atoms. The summed E-state index contributed by atoms with van der Waals surface area (Å²) >= 11 is 0. The van der Waals surface area contributed by atoms with Gasteiger partial charge in [-0.05, 0) is 38.4 Å². The number of sulfonamides is 1. The topological polar surface area (TPSA) is 95.7 Å². The van der Waals surface area contributed by atoms with Gasteiger partial charge in [-0.15, -0.1) is 0 Å². The van der Waals surface area contributed by atoms with Gasteiger partial charge >= 0.3 is 5.97 Å². The summed E-state index contributed by atoms with van der Waals surface area (Å²) in [5, 5.41) is 13.1. The second kappa shape index (κ2) is 8.20.